The van der Waals surface area contributed by atoms with Crippen molar-refractivity contribution in [1.82, 2.24) is 9.21 Å². The van der Waals surface area contributed by atoms with Gasteiger partial charge in [-0.3, -0.25) is 4.79 Å². The zero-order valence-electron chi connectivity index (χ0n) is 11.5. The minimum Gasteiger partial charge on any atom is -0.333 e. The number of rotatable bonds is 10. The third-order valence-electron chi connectivity index (χ3n) is 2.40. The molecule has 0 saturated heterocycles. The van der Waals surface area contributed by atoms with Gasteiger partial charge in [0.25, 0.3) is 5.91 Å². The lowest BCUT2D eigenvalue weighted by Crippen LogP contribution is -2.38. The zero-order chi connectivity index (χ0) is 14.9. The molecule has 110 valence electrons. The Labute approximate surface area is 115 Å². The van der Waals surface area contributed by atoms with Crippen molar-refractivity contribution in [2.24, 2.45) is 0 Å². The maximum absolute atomic E-state index is 11.8. The van der Waals surface area contributed by atoms with Crippen LogP contribution in [0.1, 0.15) is 13.8 Å². The van der Waals surface area contributed by atoms with E-state index in [1.165, 1.54) is 4.90 Å². The topological polar surface area (TPSA) is 66.9 Å². The van der Waals surface area contributed by atoms with Crippen molar-refractivity contribution in [3.05, 3.63) is 25.3 Å². The van der Waals surface area contributed by atoms with Gasteiger partial charge in [-0.15, -0.1) is 13.2 Å². The van der Waals surface area contributed by atoms with Crippen LogP contribution in [0.15, 0.2) is 25.3 Å². The van der Waals surface area contributed by atoms with Crippen molar-refractivity contribution >= 4 is 16.2 Å². The molecule has 0 bridgehead atoms. The van der Waals surface area contributed by atoms with E-state index in [2.05, 4.69) is 13.2 Å². The third-order valence-corrected chi connectivity index (χ3v) is 3.97. The molecule has 0 N–H and O–H groups in total. The van der Waals surface area contributed by atoms with Gasteiger partial charge in [-0.05, 0) is 0 Å². The molecule has 0 heterocycles. The van der Waals surface area contributed by atoms with E-state index in [1.807, 2.05) is 0 Å². The van der Waals surface area contributed by atoms with Gasteiger partial charge in [0.05, 0.1) is 0 Å². The molecule has 0 unspecified atom stereocenters. The van der Waals surface area contributed by atoms with Crippen molar-refractivity contribution in [1.29, 1.82) is 0 Å². The van der Waals surface area contributed by atoms with Crippen LogP contribution in [0.3, 0.4) is 0 Å². The highest BCUT2D eigenvalue weighted by molar-refractivity contribution is 7.84. The van der Waals surface area contributed by atoms with Gasteiger partial charge < -0.3 is 4.90 Å². The van der Waals surface area contributed by atoms with E-state index < -0.39 is 22.8 Å². The molecule has 0 aromatic heterocycles. The summed E-state index contributed by atoms with van der Waals surface area (Å²) in [6.45, 7) is 11.2. The van der Waals surface area contributed by atoms with Crippen LogP contribution in [0.5, 0.6) is 0 Å². The van der Waals surface area contributed by atoms with Crippen LogP contribution < -0.4 is 0 Å². The average molecular weight is 290 g/mol. The van der Waals surface area contributed by atoms with Crippen molar-refractivity contribution < 1.29 is 17.4 Å². The van der Waals surface area contributed by atoms with Crippen molar-refractivity contribution in [2.45, 2.75) is 13.8 Å². The van der Waals surface area contributed by atoms with Crippen molar-refractivity contribution in [3.63, 3.8) is 0 Å². The number of hydrogen-bond acceptors (Lipinski definition) is 4. The zero-order valence-corrected chi connectivity index (χ0v) is 12.4. The lowest BCUT2D eigenvalue weighted by Gasteiger charge is -2.21. The Hall–Kier alpha value is -1.18. The van der Waals surface area contributed by atoms with Crippen LogP contribution in [0.4, 0.5) is 0 Å². The summed E-state index contributed by atoms with van der Waals surface area (Å²) >= 11 is 0. The van der Waals surface area contributed by atoms with E-state index >= 15 is 0 Å². The number of amides is 1. The molecule has 0 aliphatic heterocycles. The summed E-state index contributed by atoms with van der Waals surface area (Å²) in [5.74, 6) is -0.421. The lowest BCUT2D eigenvalue weighted by molar-refractivity contribution is -0.132. The molecule has 0 radical (unpaired) electrons. The third kappa shape index (κ3) is 6.00. The average Bonchev–Trinajstić information content (AvgIpc) is 2.37. The molecule has 19 heavy (non-hydrogen) atoms. The summed E-state index contributed by atoms with van der Waals surface area (Å²) in [6.07, 6.45) is 3.11. The molecular weight excluding hydrogens is 268 g/mol. The number of nitrogens with zero attached hydrogens (tertiary/aromatic N) is 2. The van der Waals surface area contributed by atoms with Gasteiger partial charge in [-0.2, -0.15) is 12.7 Å². The highest BCUT2D eigenvalue weighted by atomic mass is 32.2. The Balaban J connectivity index is 4.56. The van der Waals surface area contributed by atoms with Crippen LogP contribution in [0.2, 0.25) is 0 Å². The molecule has 0 rings (SSSR count). The van der Waals surface area contributed by atoms with Gasteiger partial charge in [-0.1, -0.05) is 26.0 Å². The van der Waals surface area contributed by atoms with E-state index in [-0.39, 0.29) is 0 Å². The van der Waals surface area contributed by atoms with Gasteiger partial charge in [0.2, 0.25) is 0 Å². The second-order valence-electron chi connectivity index (χ2n) is 3.68. The molecule has 0 saturated carbocycles. The standard InChI is InChI=1S/C12H22N2O4S/c1-5-9-13(10-6-2)12(15)11-18-19(16,17)14(7-3)8-4/h5-6H,1-2,7-11H2,3-4H3. The van der Waals surface area contributed by atoms with Crippen LogP contribution in [0.25, 0.3) is 0 Å². The predicted octanol–water partition coefficient (Wildman–Crippen LogP) is 0.790. The van der Waals surface area contributed by atoms with Crippen LogP contribution in [0, 0.1) is 0 Å². The van der Waals surface area contributed by atoms with Crippen LogP contribution in [-0.4, -0.2) is 56.3 Å². The maximum atomic E-state index is 11.8. The van der Waals surface area contributed by atoms with Gasteiger partial charge in [0.15, 0.2) is 0 Å². The largest absolute Gasteiger partial charge is 0.338 e. The fourth-order valence-electron chi connectivity index (χ4n) is 1.42. The highest BCUT2D eigenvalue weighted by Gasteiger charge is 2.22. The molecular formula is C12H22N2O4S. The van der Waals surface area contributed by atoms with Crippen LogP contribution >= 0.6 is 0 Å². The quantitative estimate of drug-likeness (QED) is 0.558. The first-order valence-electron chi connectivity index (χ1n) is 6.06. The minimum absolute atomic E-state index is 0.302. The SMILES string of the molecule is C=CCN(CC=C)C(=O)COS(=O)(=O)N(CC)CC. The Bertz CT molecular complexity index is 392. The maximum Gasteiger partial charge on any atom is 0.338 e. The number of hydrogen-bond donors (Lipinski definition) is 0. The van der Waals surface area contributed by atoms with Gasteiger partial charge in [0, 0.05) is 26.2 Å². The summed E-state index contributed by atoms with van der Waals surface area (Å²) in [5, 5.41) is 0. The molecule has 7 heteroatoms. The Kier molecular flexibility index (Phi) is 8.29. The molecule has 0 aromatic carbocycles. The van der Waals surface area contributed by atoms with Gasteiger partial charge in [-0.25, -0.2) is 4.18 Å². The Morgan fingerprint density at radius 1 is 1.16 bits per heavy atom. The Morgan fingerprint density at radius 2 is 1.63 bits per heavy atom. The predicted molar refractivity (Wildman–Crippen MR) is 74.8 cm³/mol. The molecule has 0 spiro atoms. The molecule has 6 nitrogen and oxygen atoms in total. The summed E-state index contributed by atoms with van der Waals surface area (Å²) < 4.78 is 29.3. The first-order valence-corrected chi connectivity index (χ1v) is 7.43. The second kappa shape index (κ2) is 8.84. The highest BCUT2D eigenvalue weighted by Crippen LogP contribution is 2.03. The van der Waals surface area contributed by atoms with Crippen molar-refractivity contribution in [2.75, 3.05) is 32.8 Å². The normalized spacial score (nSPS) is 11.3. The fraction of sp³-hybridized carbons (Fsp3) is 0.583. The van der Waals surface area contributed by atoms with Gasteiger partial charge >= 0.3 is 10.3 Å². The first kappa shape index (κ1) is 17.8. The number of carbonyl (C=O) groups excluding carboxylic acids is 1. The van der Waals surface area contributed by atoms with Gasteiger partial charge in [0.1, 0.15) is 6.61 Å². The van der Waals surface area contributed by atoms with E-state index in [0.29, 0.717) is 26.2 Å². The Morgan fingerprint density at radius 3 is 2.00 bits per heavy atom. The van der Waals surface area contributed by atoms with E-state index in [0.717, 1.165) is 4.31 Å². The molecule has 0 atom stereocenters. The number of carbonyl (C=O) groups is 1. The lowest BCUT2D eigenvalue weighted by atomic mass is 10.4. The second-order valence-corrected chi connectivity index (χ2v) is 5.29. The first-order chi connectivity index (χ1) is 8.92. The van der Waals surface area contributed by atoms with E-state index in [9.17, 15) is 13.2 Å². The summed E-state index contributed by atoms with van der Waals surface area (Å²) in [7, 11) is -3.85. The van der Waals surface area contributed by atoms with E-state index in [1.54, 1.807) is 26.0 Å². The van der Waals surface area contributed by atoms with E-state index in [4.69, 9.17) is 4.18 Å². The summed E-state index contributed by atoms with van der Waals surface area (Å²) in [6, 6.07) is 0. The molecule has 0 aliphatic rings. The minimum atomic E-state index is -3.85. The van der Waals surface area contributed by atoms with Crippen molar-refractivity contribution in [3.8, 4) is 0 Å². The molecule has 0 aliphatic carbocycles. The van der Waals surface area contributed by atoms with Crippen LogP contribution in [-0.2, 0) is 19.3 Å². The summed E-state index contributed by atoms with van der Waals surface area (Å²) in [5.41, 5.74) is 0. The summed E-state index contributed by atoms with van der Waals surface area (Å²) in [4.78, 5) is 13.2. The smallest absolute Gasteiger partial charge is 0.333 e. The molecule has 1 amide bonds. The molecule has 0 aromatic rings. The fourth-order valence-corrected chi connectivity index (χ4v) is 2.45. The molecule has 0 fully saturated rings. The monoisotopic (exact) mass is 290 g/mol.